The zero-order chi connectivity index (χ0) is 17.5. The number of amides is 2. The number of nitrogens with one attached hydrogen (secondary N) is 3. The quantitative estimate of drug-likeness (QED) is 0.537. The Morgan fingerprint density at radius 2 is 1.92 bits per heavy atom. The van der Waals surface area contributed by atoms with Gasteiger partial charge in [0.1, 0.15) is 0 Å². The Morgan fingerprint density at radius 1 is 1.21 bits per heavy atom. The van der Waals surface area contributed by atoms with Gasteiger partial charge >= 0.3 is 0 Å². The number of hydrogen-bond donors (Lipinski definition) is 3. The molecular formula is C16H18N4O3S. The SMILES string of the molecule is CNC(=O)Cc1cc(=O)[nH]c(SCC(=O)Nc2ccc(C)cc2)n1. The molecule has 0 spiro atoms. The first-order chi connectivity index (χ1) is 11.5. The maximum absolute atomic E-state index is 11.9. The van der Waals surface area contributed by atoms with Crippen molar-refractivity contribution in [1.82, 2.24) is 15.3 Å². The molecule has 126 valence electrons. The van der Waals surface area contributed by atoms with E-state index in [4.69, 9.17) is 0 Å². The van der Waals surface area contributed by atoms with Crippen LogP contribution >= 0.6 is 11.8 Å². The second kappa shape index (κ2) is 8.30. The molecule has 0 bridgehead atoms. The summed E-state index contributed by atoms with van der Waals surface area (Å²) >= 11 is 1.10. The molecule has 2 rings (SSSR count). The van der Waals surface area contributed by atoms with E-state index >= 15 is 0 Å². The average molecular weight is 346 g/mol. The Balaban J connectivity index is 1.95. The zero-order valence-corrected chi connectivity index (χ0v) is 14.2. The summed E-state index contributed by atoms with van der Waals surface area (Å²) in [7, 11) is 1.51. The van der Waals surface area contributed by atoms with Crippen LogP contribution in [0.4, 0.5) is 5.69 Å². The number of carbonyl (C=O) groups is 2. The number of thioether (sulfide) groups is 1. The van der Waals surface area contributed by atoms with Gasteiger partial charge in [-0.15, -0.1) is 0 Å². The highest BCUT2D eigenvalue weighted by Gasteiger charge is 2.09. The van der Waals surface area contributed by atoms with E-state index in [1.165, 1.54) is 13.1 Å². The van der Waals surface area contributed by atoms with E-state index in [0.717, 1.165) is 17.3 Å². The second-order valence-electron chi connectivity index (χ2n) is 5.09. The Kier molecular flexibility index (Phi) is 6.14. The van der Waals surface area contributed by atoms with E-state index in [1.807, 2.05) is 31.2 Å². The summed E-state index contributed by atoms with van der Waals surface area (Å²) in [5.74, 6) is -0.343. The number of anilines is 1. The fourth-order valence-corrected chi connectivity index (χ4v) is 2.56. The number of H-pyrrole nitrogens is 1. The molecule has 2 aromatic rings. The van der Waals surface area contributed by atoms with Gasteiger partial charge in [-0.2, -0.15) is 0 Å². The molecule has 8 heteroatoms. The molecule has 2 amide bonds. The molecule has 0 aliphatic rings. The molecule has 7 nitrogen and oxygen atoms in total. The number of aromatic amines is 1. The van der Waals surface area contributed by atoms with Crippen molar-refractivity contribution in [2.75, 3.05) is 18.1 Å². The van der Waals surface area contributed by atoms with Gasteiger partial charge in [0.2, 0.25) is 11.8 Å². The summed E-state index contributed by atoms with van der Waals surface area (Å²) in [6, 6.07) is 8.73. The minimum Gasteiger partial charge on any atom is -0.359 e. The smallest absolute Gasteiger partial charge is 0.251 e. The largest absolute Gasteiger partial charge is 0.359 e. The number of aromatic nitrogens is 2. The van der Waals surface area contributed by atoms with E-state index in [9.17, 15) is 14.4 Å². The third-order valence-corrected chi connectivity index (χ3v) is 3.94. The molecule has 0 aliphatic heterocycles. The molecule has 0 saturated carbocycles. The lowest BCUT2D eigenvalue weighted by molar-refractivity contribution is -0.120. The van der Waals surface area contributed by atoms with E-state index in [0.29, 0.717) is 16.5 Å². The van der Waals surface area contributed by atoms with E-state index in [1.54, 1.807) is 0 Å². The number of hydrogen-bond acceptors (Lipinski definition) is 5. The highest BCUT2D eigenvalue weighted by Crippen LogP contribution is 2.13. The number of carbonyl (C=O) groups excluding carboxylic acids is 2. The maximum Gasteiger partial charge on any atom is 0.251 e. The normalized spacial score (nSPS) is 10.2. The summed E-state index contributed by atoms with van der Waals surface area (Å²) in [5.41, 5.74) is 1.82. The number of aryl methyl sites for hydroxylation is 1. The van der Waals surface area contributed by atoms with Gasteiger partial charge < -0.3 is 15.6 Å². The summed E-state index contributed by atoms with van der Waals surface area (Å²) in [4.78, 5) is 41.6. The first-order valence-electron chi connectivity index (χ1n) is 7.26. The summed E-state index contributed by atoms with van der Waals surface area (Å²) < 4.78 is 0. The van der Waals surface area contributed by atoms with Crippen LogP contribution in [0.1, 0.15) is 11.3 Å². The lowest BCUT2D eigenvalue weighted by Crippen LogP contribution is -2.22. The molecule has 24 heavy (non-hydrogen) atoms. The Morgan fingerprint density at radius 3 is 2.58 bits per heavy atom. The third kappa shape index (κ3) is 5.54. The minimum atomic E-state index is -0.356. The van der Waals surface area contributed by atoms with Crippen LogP contribution in [-0.2, 0) is 16.0 Å². The average Bonchev–Trinajstić information content (AvgIpc) is 2.54. The number of rotatable bonds is 6. The van der Waals surface area contributed by atoms with Crippen LogP contribution in [0.25, 0.3) is 0 Å². The van der Waals surface area contributed by atoms with Gasteiger partial charge in [-0.3, -0.25) is 14.4 Å². The van der Waals surface area contributed by atoms with Gasteiger partial charge in [0, 0.05) is 18.8 Å². The van der Waals surface area contributed by atoms with Crippen molar-refractivity contribution in [1.29, 1.82) is 0 Å². The van der Waals surface area contributed by atoms with E-state index in [-0.39, 0.29) is 29.5 Å². The van der Waals surface area contributed by atoms with Crippen molar-refractivity contribution < 1.29 is 9.59 Å². The first-order valence-corrected chi connectivity index (χ1v) is 8.25. The molecular weight excluding hydrogens is 328 g/mol. The van der Waals surface area contributed by atoms with Crippen molar-refractivity contribution in [2.24, 2.45) is 0 Å². The van der Waals surface area contributed by atoms with Crippen molar-refractivity contribution in [2.45, 2.75) is 18.5 Å². The molecule has 0 unspecified atom stereocenters. The van der Waals surface area contributed by atoms with Crippen LogP contribution in [-0.4, -0.2) is 34.6 Å². The van der Waals surface area contributed by atoms with E-state index < -0.39 is 0 Å². The molecule has 1 aromatic heterocycles. The molecule has 0 aliphatic carbocycles. The van der Waals surface area contributed by atoms with Crippen molar-refractivity contribution in [3.8, 4) is 0 Å². The predicted molar refractivity (Wildman–Crippen MR) is 93.2 cm³/mol. The second-order valence-corrected chi connectivity index (χ2v) is 6.06. The van der Waals surface area contributed by atoms with Gasteiger partial charge in [-0.1, -0.05) is 29.5 Å². The van der Waals surface area contributed by atoms with Crippen molar-refractivity contribution in [3.63, 3.8) is 0 Å². The van der Waals surface area contributed by atoms with Gasteiger partial charge in [0.25, 0.3) is 5.56 Å². The minimum absolute atomic E-state index is 0.0174. The number of likely N-dealkylation sites (N-methyl/N-ethyl adjacent to an activating group) is 1. The predicted octanol–water partition coefficient (Wildman–Crippen LogP) is 1.10. The lowest BCUT2D eigenvalue weighted by Gasteiger charge is -2.06. The highest BCUT2D eigenvalue weighted by molar-refractivity contribution is 7.99. The van der Waals surface area contributed by atoms with Crippen LogP contribution in [0.3, 0.4) is 0 Å². The molecule has 0 fully saturated rings. The van der Waals surface area contributed by atoms with Crippen molar-refractivity contribution >= 4 is 29.3 Å². The van der Waals surface area contributed by atoms with Crippen LogP contribution in [0.15, 0.2) is 40.3 Å². The number of benzene rings is 1. The van der Waals surface area contributed by atoms with Crippen LogP contribution < -0.4 is 16.2 Å². The summed E-state index contributed by atoms with van der Waals surface area (Å²) in [6.07, 6.45) is 0.0174. The molecule has 0 saturated heterocycles. The topological polar surface area (TPSA) is 104 Å². The molecule has 0 radical (unpaired) electrons. The maximum atomic E-state index is 11.9. The number of nitrogens with zero attached hydrogens (tertiary/aromatic N) is 1. The zero-order valence-electron chi connectivity index (χ0n) is 13.4. The highest BCUT2D eigenvalue weighted by atomic mass is 32.2. The Bertz CT molecular complexity index is 787. The van der Waals surface area contributed by atoms with Crippen LogP contribution in [0.2, 0.25) is 0 Å². The van der Waals surface area contributed by atoms with Gasteiger partial charge in [-0.25, -0.2) is 4.98 Å². The summed E-state index contributed by atoms with van der Waals surface area (Å²) in [6.45, 7) is 1.97. The standard InChI is InChI=1S/C16H18N4O3S/c1-10-3-5-11(6-4-10)18-15(23)9-24-16-19-12(7-13(21)17-2)8-14(22)20-16/h3-6,8H,7,9H2,1-2H3,(H,17,21)(H,18,23)(H,19,20,22). The Labute approximate surface area is 143 Å². The van der Waals surface area contributed by atoms with Gasteiger partial charge in [0.15, 0.2) is 5.16 Å². The van der Waals surface area contributed by atoms with Gasteiger partial charge in [0.05, 0.1) is 17.9 Å². The molecule has 1 aromatic carbocycles. The monoisotopic (exact) mass is 346 g/mol. The van der Waals surface area contributed by atoms with Crippen LogP contribution in [0, 0.1) is 6.92 Å². The summed E-state index contributed by atoms with van der Waals surface area (Å²) in [5, 5.41) is 5.54. The first kappa shape index (κ1) is 17.7. The van der Waals surface area contributed by atoms with E-state index in [2.05, 4.69) is 20.6 Å². The third-order valence-electron chi connectivity index (χ3n) is 3.07. The van der Waals surface area contributed by atoms with Crippen molar-refractivity contribution in [3.05, 3.63) is 51.9 Å². The molecule has 1 heterocycles. The fourth-order valence-electron chi connectivity index (χ4n) is 1.86. The fraction of sp³-hybridized carbons (Fsp3) is 0.250. The Hall–Kier alpha value is -2.61. The van der Waals surface area contributed by atoms with Crippen LogP contribution in [0.5, 0.6) is 0 Å². The lowest BCUT2D eigenvalue weighted by atomic mass is 10.2. The molecule has 3 N–H and O–H groups in total. The van der Waals surface area contributed by atoms with Gasteiger partial charge in [-0.05, 0) is 19.1 Å². The molecule has 0 atom stereocenters.